The van der Waals surface area contributed by atoms with E-state index in [1.165, 1.54) is 11.1 Å². The fourth-order valence-corrected chi connectivity index (χ4v) is 2.94. The number of benzene rings is 2. The maximum absolute atomic E-state index is 5.91. The van der Waals surface area contributed by atoms with Gasteiger partial charge in [-0.25, -0.2) is 0 Å². The van der Waals surface area contributed by atoms with Crippen molar-refractivity contribution in [3.05, 3.63) is 64.1 Å². The monoisotopic (exact) mass is 382 g/mol. The Balaban J connectivity index is 0.00000176. The topological polar surface area (TPSA) is 38.5 Å². The van der Waals surface area contributed by atoms with Crippen molar-refractivity contribution in [2.24, 2.45) is 0 Å². The second kappa shape index (κ2) is 7.97. The quantitative estimate of drug-likeness (QED) is 0.813. The Morgan fingerprint density at radius 2 is 1.95 bits per heavy atom. The Morgan fingerprint density at radius 1 is 1.18 bits per heavy atom. The summed E-state index contributed by atoms with van der Waals surface area (Å²) < 4.78 is 7.01. The SMILES string of the molecule is Cl.Nc1cccc(CN2CCOC(c3ccc(Br)cc3)C2)c1. The molecule has 1 atom stereocenters. The molecule has 0 radical (unpaired) electrons. The minimum Gasteiger partial charge on any atom is -0.399 e. The van der Waals surface area contributed by atoms with Crippen LogP contribution in [-0.2, 0) is 11.3 Å². The van der Waals surface area contributed by atoms with Gasteiger partial charge in [0.25, 0.3) is 0 Å². The molecule has 2 N–H and O–H groups in total. The van der Waals surface area contributed by atoms with Gasteiger partial charge in [0.2, 0.25) is 0 Å². The van der Waals surface area contributed by atoms with E-state index in [0.717, 1.165) is 36.4 Å². The lowest BCUT2D eigenvalue weighted by Gasteiger charge is -2.33. The van der Waals surface area contributed by atoms with Crippen LogP contribution in [0.3, 0.4) is 0 Å². The summed E-state index contributed by atoms with van der Waals surface area (Å²) in [5.74, 6) is 0. The van der Waals surface area contributed by atoms with Crippen LogP contribution in [0.1, 0.15) is 17.2 Å². The van der Waals surface area contributed by atoms with Crippen LogP contribution < -0.4 is 5.73 Å². The van der Waals surface area contributed by atoms with Crippen molar-refractivity contribution in [2.45, 2.75) is 12.6 Å². The average molecular weight is 384 g/mol. The van der Waals surface area contributed by atoms with Crippen LogP contribution in [0.2, 0.25) is 0 Å². The lowest BCUT2D eigenvalue weighted by Crippen LogP contribution is -2.37. The lowest BCUT2D eigenvalue weighted by molar-refractivity contribution is -0.0329. The predicted molar refractivity (Wildman–Crippen MR) is 96.2 cm³/mol. The van der Waals surface area contributed by atoms with Gasteiger partial charge >= 0.3 is 0 Å². The molecule has 1 fully saturated rings. The maximum Gasteiger partial charge on any atom is 0.0952 e. The highest BCUT2D eigenvalue weighted by Crippen LogP contribution is 2.24. The number of hydrogen-bond donors (Lipinski definition) is 1. The van der Waals surface area contributed by atoms with E-state index in [1.807, 2.05) is 18.2 Å². The second-order valence-electron chi connectivity index (χ2n) is 5.39. The van der Waals surface area contributed by atoms with E-state index in [-0.39, 0.29) is 18.5 Å². The van der Waals surface area contributed by atoms with Crippen molar-refractivity contribution in [1.29, 1.82) is 0 Å². The molecule has 0 spiro atoms. The van der Waals surface area contributed by atoms with E-state index < -0.39 is 0 Å². The molecular formula is C17H20BrClN2O. The van der Waals surface area contributed by atoms with E-state index in [9.17, 15) is 0 Å². The Kier molecular flexibility index (Phi) is 6.26. The first-order valence-corrected chi connectivity index (χ1v) is 7.94. The van der Waals surface area contributed by atoms with Crippen LogP contribution in [0.15, 0.2) is 53.0 Å². The van der Waals surface area contributed by atoms with Crippen LogP contribution in [0.5, 0.6) is 0 Å². The first-order chi connectivity index (χ1) is 10.2. The largest absolute Gasteiger partial charge is 0.399 e. The number of nitrogen functional groups attached to an aromatic ring is 1. The number of nitrogens with two attached hydrogens (primary N) is 1. The summed E-state index contributed by atoms with van der Waals surface area (Å²) in [5.41, 5.74) is 9.16. The molecule has 5 heteroatoms. The van der Waals surface area contributed by atoms with Gasteiger partial charge in [0.05, 0.1) is 12.7 Å². The number of halogens is 2. The molecule has 1 aliphatic rings. The fraction of sp³-hybridized carbons (Fsp3) is 0.294. The summed E-state index contributed by atoms with van der Waals surface area (Å²) in [6.07, 6.45) is 0.146. The number of anilines is 1. The summed E-state index contributed by atoms with van der Waals surface area (Å²) in [4.78, 5) is 2.42. The van der Waals surface area contributed by atoms with E-state index in [0.29, 0.717) is 0 Å². The zero-order valence-corrected chi connectivity index (χ0v) is 14.6. The van der Waals surface area contributed by atoms with E-state index in [2.05, 4.69) is 51.2 Å². The number of nitrogens with zero attached hydrogens (tertiary/aromatic N) is 1. The molecule has 0 saturated carbocycles. The van der Waals surface area contributed by atoms with Crippen LogP contribution in [0, 0.1) is 0 Å². The molecule has 2 aromatic rings. The molecule has 2 aromatic carbocycles. The molecule has 1 unspecified atom stereocenters. The van der Waals surface area contributed by atoms with Gasteiger partial charge in [0, 0.05) is 29.8 Å². The first kappa shape index (κ1) is 17.3. The van der Waals surface area contributed by atoms with Gasteiger partial charge in [0.1, 0.15) is 0 Å². The van der Waals surface area contributed by atoms with E-state index in [1.54, 1.807) is 0 Å². The molecule has 22 heavy (non-hydrogen) atoms. The minimum atomic E-state index is 0. The van der Waals surface area contributed by atoms with Crippen molar-refractivity contribution in [2.75, 3.05) is 25.4 Å². The molecule has 1 heterocycles. The van der Waals surface area contributed by atoms with Crippen molar-refractivity contribution in [1.82, 2.24) is 4.90 Å². The summed E-state index contributed by atoms with van der Waals surface area (Å²) in [6.45, 7) is 3.56. The molecule has 0 bridgehead atoms. The summed E-state index contributed by atoms with van der Waals surface area (Å²) in [5, 5.41) is 0. The van der Waals surface area contributed by atoms with Crippen LogP contribution in [-0.4, -0.2) is 24.6 Å². The number of hydrogen-bond acceptors (Lipinski definition) is 3. The van der Waals surface area contributed by atoms with Crippen molar-refractivity contribution in [3.8, 4) is 0 Å². The molecule has 0 aromatic heterocycles. The highest BCUT2D eigenvalue weighted by Gasteiger charge is 2.21. The number of rotatable bonds is 3. The summed E-state index contributed by atoms with van der Waals surface area (Å²) >= 11 is 3.47. The molecule has 0 aliphatic carbocycles. The Labute approximate surface area is 146 Å². The molecule has 0 amide bonds. The molecular weight excluding hydrogens is 364 g/mol. The molecule has 3 rings (SSSR count). The van der Waals surface area contributed by atoms with Gasteiger partial charge in [-0.2, -0.15) is 0 Å². The zero-order valence-electron chi connectivity index (χ0n) is 12.2. The first-order valence-electron chi connectivity index (χ1n) is 7.14. The normalized spacial score (nSPS) is 18.7. The molecule has 1 saturated heterocycles. The fourth-order valence-electron chi connectivity index (χ4n) is 2.67. The minimum absolute atomic E-state index is 0. The predicted octanol–water partition coefficient (Wildman–Crippen LogP) is 4.03. The van der Waals surface area contributed by atoms with Gasteiger partial charge in [-0.05, 0) is 35.4 Å². The highest BCUT2D eigenvalue weighted by atomic mass is 79.9. The lowest BCUT2D eigenvalue weighted by atomic mass is 10.1. The van der Waals surface area contributed by atoms with Gasteiger partial charge in [-0.3, -0.25) is 4.90 Å². The Hall–Kier alpha value is -1.07. The third-order valence-electron chi connectivity index (χ3n) is 3.75. The second-order valence-corrected chi connectivity index (χ2v) is 6.31. The van der Waals surface area contributed by atoms with Crippen molar-refractivity contribution in [3.63, 3.8) is 0 Å². The van der Waals surface area contributed by atoms with Gasteiger partial charge in [0.15, 0.2) is 0 Å². The smallest absolute Gasteiger partial charge is 0.0952 e. The van der Waals surface area contributed by atoms with Crippen LogP contribution >= 0.6 is 28.3 Å². The van der Waals surface area contributed by atoms with Gasteiger partial charge < -0.3 is 10.5 Å². The molecule has 3 nitrogen and oxygen atoms in total. The number of morpholine rings is 1. The van der Waals surface area contributed by atoms with Crippen molar-refractivity contribution >= 4 is 34.0 Å². The third kappa shape index (κ3) is 4.46. The van der Waals surface area contributed by atoms with Crippen LogP contribution in [0.25, 0.3) is 0 Å². The average Bonchev–Trinajstić information content (AvgIpc) is 2.48. The van der Waals surface area contributed by atoms with Gasteiger partial charge in [-0.1, -0.05) is 40.2 Å². The molecule has 1 aliphatic heterocycles. The van der Waals surface area contributed by atoms with Gasteiger partial charge in [-0.15, -0.1) is 12.4 Å². The maximum atomic E-state index is 5.91. The standard InChI is InChI=1S/C17H19BrN2O.ClH/c18-15-6-4-14(5-7-15)17-12-20(8-9-21-17)11-13-2-1-3-16(19)10-13;/h1-7,10,17H,8-9,11-12,19H2;1H. The van der Waals surface area contributed by atoms with Crippen LogP contribution in [0.4, 0.5) is 5.69 Å². The summed E-state index contributed by atoms with van der Waals surface area (Å²) in [7, 11) is 0. The zero-order chi connectivity index (χ0) is 14.7. The van der Waals surface area contributed by atoms with Crippen molar-refractivity contribution < 1.29 is 4.74 Å². The molecule has 118 valence electrons. The Morgan fingerprint density at radius 3 is 2.68 bits per heavy atom. The number of ether oxygens (including phenoxy) is 1. The summed E-state index contributed by atoms with van der Waals surface area (Å²) in [6, 6.07) is 16.5. The van der Waals surface area contributed by atoms with E-state index >= 15 is 0 Å². The third-order valence-corrected chi connectivity index (χ3v) is 4.28. The van der Waals surface area contributed by atoms with E-state index in [4.69, 9.17) is 10.5 Å². The highest BCUT2D eigenvalue weighted by molar-refractivity contribution is 9.10. The Bertz CT molecular complexity index is 606.